The summed E-state index contributed by atoms with van der Waals surface area (Å²) >= 11 is 6.00. The molecule has 2 rings (SSSR count). The summed E-state index contributed by atoms with van der Waals surface area (Å²) in [6.45, 7) is 2.18. The van der Waals surface area contributed by atoms with Crippen LogP contribution in [0.4, 0.5) is 24.7 Å². The minimum atomic E-state index is -4.56. The van der Waals surface area contributed by atoms with Gasteiger partial charge < -0.3 is 10.1 Å². The van der Waals surface area contributed by atoms with Crippen LogP contribution in [0.5, 0.6) is 0 Å². The van der Waals surface area contributed by atoms with Crippen molar-refractivity contribution in [3.05, 3.63) is 51.2 Å². The Balaban J connectivity index is 2.55. The van der Waals surface area contributed by atoms with Gasteiger partial charge in [0.15, 0.2) is 0 Å². The smallest absolute Gasteiger partial charge is 0.383 e. The van der Waals surface area contributed by atoms with E-state index in [1.165, 1.54) is 19.4 Å². The highest BCUT2D eigenvalue weighted by Gasteiger charge is 2.32. The summed E-state index contributed by atoms with van der Waals surface area (Å²) in [5.41, 5.74) is -1.11. The first-order chi connectivity index (χ1) is 12.7. The molecule has 27 heavy (non-hydrogen) atoms. The molecule has 146 valence electrons. The molecular weight excluding hydrogens is 387 g/mol. The monoisotopic (exact) mass is 403 g/mol. The summed E-state index contributed by atoms with van der Waals surface area (Å²) in [4.78, 5) is 15.0. The molecule has 0 aliphatic rings. The van der Waals surface area contributed by atoms with Gasteiger partial charge in [0.05, 0.1) is 28.7 Å². The molecule has 0 saturated carbocycles. The molecule has 1 aromatic carbocycles. The minimum Gasteiger partial charge on any atom is -0.383 e. The van der Waals surface area contributed by atoms with Crippen LogP contribution < -0.4 is 5.32 Å². The zero-order valence-electron chi connectivity index (χ0n) is 14.5. The zero-order valence-corrected chi connectivity index (χ0v) is 15.3. The van der Waals surface area contributed by atoms with Gasteiger partial charge in [0.1, 0.15) is 0 Å². The van der Waals surface area contributed by atoms with E-state index in [2.05, 4.69) is 10.3 Å². The number of pyridine rings is 1. The Kier molecular flexibility index (Phi) is 6.61. The Labute approximate surface area is 158 Å². The van der Waals surface area contributed by atoms with Crippen molar-refractivity contribution in [3.8, 4) is 11.1 Å². The summed E-state index contributed by atoms with van der Waals surface area (Å²) in [5, 5.41) is 14.4. The van der Waals surface area contributed by atoms with E-state index in [9.17, 15) is 23.3 Å². The molecule has 1 aromatic heterocycles. The number of anilines is 1. The van der Waals surface area contributed by atoms with Gasteiger partial charge in [0, 0.05) is 23.9 Å². The third-order valence-corrected chi connectivity index (χ3v) is 4.21. The molecule has 1 N–H and O–H groups in total. The maximum absolute atomic E-state index is 12.8. The molecule has 0 aliphatic carbocycles. The van der Waals surface area contributed by atoms with E-state index in [0.29, 0.717) is 13.0 Å². The van der Waals surface area contributed by atoms with E-state index < -0.39 is 16.7 Å². The number of methoxy groups -OCH3 is 1. The lowest BCUT2D eigenvalue weighted by atomic mass is 10.0. The summed E-state index contributed by atoms with van der Waals surface area (Å²) in [6.07, 6.45) is -2.61. The molecular formula is C17H17ClF3N3O3. The number of hydrogen-bond acceptors (Lipinski definition) is 5. The SMILES string of the molecule is CCC(COC)Nc1nccc(-c2ccc(C(F)(F)F)cc2Cl)c1[N+](=O)[O-]. The number of nitrogens with one attached hydrogen (secondary N) is 1. The van der Waals surface area contributed by atoms with E-state index >= 15 is 0 Å². The quantitative estimate of drug-likeness (QED) is 0.510. The van der Waals surface area contributed by atoms with Crippen LogP contribution in [0.25, 0.3) is 11.1 Å². The van der Waals surface area contributed by atoms with Crippen LogP contribution in [0.2, 0.25) is 5.02 Å². The lowest BCUT2D eigenvalue weighted by molar-refractivity contribution is -0.383. The Hall–Kier alpha value is -2.39. The lowest BCUT2D eigenvalue weighted by Crippen LogP contribution is -2.25. The van der Waals surface area contributed by atoms with Gasteiger partial charge in [0.2, 0.25) is 5.82 Å². The molecule has 2 aromatic rings. The fraction of sp³-hybridized carbons (Fsp3) is 0.353. The number of hydrogen-bond donors (Lipinski definition) is 1. The Morgan fingerprint density at radius 2 is 2.04 bits per heavy atom. The van der Waals surface area contributed by atoms with Gasteiger partial charge in [-0.15, -0.1) is 0 Å². The van der Waals surface area contributed by atoms with Crippen molar-refractivity contribution in [1.82, 2.24) is 4.98 Å². The molecule has 1 heterocycles. The molecule has 10 heteroatoms. The second-order valence-electron chi connectivity index (χ2n) is 5.71. The predicted octanol–water partition coefficient (Wildman–Crippen LogP) is 5.17. The van der Waals surface area contributed by atoms with Crippen molar-refractivity contribution in [1.29, 1.82) is 0 Å². The Morgan fingerprint density at radius 3 is 2.56 bits per heavy atom. The zero-order chi connectivity index (χ0) is 20.2. The molecule has 0 aliphatic heterocycles. The number of nitrogens with zero attached hydrogens (tertiary/aromatic N) is 2. The standard InChI is InChI=1S/C17H17ClF3N3O3/c1-3-11(9-27-2)23-16-15(24(25)26)13(6-7-22-16)12-5-4-10(8-14(12)18)17(19,20)21/h4-8,11H,3,9H2,1-2H3,(H,22,23). The molecule has 0 bridgehead atoms. The topological polar surface area (TPSA) is 77.3 Å². The first-order valence-electron chi connectivity index (χ1n) is 7.95. The highest BCUT2D eigenvalue weighted by Crippen LogP contribution is 2.40. The molecule has 1 unspecified atom stereocenters. The number of ether oxygens (including phenoxy) is 1. The number of alkyl halides is 3. The second kappa shape index (κ2) is 8.53. The Bertz CT molecular complexity index is 831. The van der Waals surface area contributed by atoms with Gasteiger partial charge in [-0.2, -0.15) is 13.2 Å². The summed E-state index contributed by atoms with van der Waals surface area (Å²) in [5.74, 6) is -0.00244. The first kappa shape index (κ1) is 20.9. The van der Waals surface area contributed by atoms with Crippen molar-refractivity contribution in [2.75, 3.05) is 19.0 Å². The van der Waals surface area contributed by atoms with Crippen LogP contribution in [0.15, 0.2) is 30.5 Å². The van der Waals surface area contributed by atoms with Gasteiger partial charge >= 0.3 is 11.9 Å². The molecule has 0 fully saturated rings. The fourth-order valence-electron chi connectivity index (χ4n) is 2.53. The molecule has 0 radical (unpaired) electrons. The minimum absolute atomic E-state index is 0.00244. The summed E-state index contributed by atoms with van der Waals surface area (Å²) in [7, 11) is 1.50. The van der Waals surface area contributed by atoms with Gasteiger partial charge in [-0.3, -0.25) is 10.1 Å². The predicted molar refractivity (Wildman–Crippen MR) is 95.9 cm³/mol. The number of nitro groups is 1. The molecule has 0 saturated heterocycles. The van der Waals surface area contributed by atoms with E-state index in [1.807, 2.05) is 6.92 Å². The third kappa shape index (κ3) is 4.86. The summed E-state index contributed by atoms with van der Waals surface area (Å²) < 4.78 is 43.5. The van der Waals surface area contributed by atoms with E-state index in [1.54, 1.807) is 0 Å². The Morgan fingerprint density at radius 1 is 1.33 bits per heavy atom. The van der Waals surface area contributed by atoms with Crippen molar-refractivity contribution in [2.45, 2.75) is 25.6 Å². The highest BCUT2D eigenvalue weighted by atomic mass is 35.5. The van der Waals surface area contributed by atoms with Crippen LogP contribution in [-0.4, -0.2) is 29.7 Å². The van der Waals surface area contributed by atoms with Crippen molar-refractivity contribution >= 4 is 23.1 Å². The number of halogens is 4. The summed E-state index contributed by atoms with van der Waals surface area (Å²) in [6, 6.07) is 3.81. The van der Waals surface area contributed by atoms with E-state index in [4.69, 9.17) is 16.3 Å². The average molecular weight is 404 g/mol. The number of benzene rings is 1. The van der Waals surface area contributed by atoms with Gasteiger partial charge in [-0.1, -0.05) is 24.6 Å². The van der Waals surface area contributed by atoms with Crippen molar-refractivity contribution in [2.24, 2.45) is 0 Å². The third-order valence-electron chi connectivity index (χ3n) is 3.89. The number of rotatable bonds is 7. The molecule has 0 spiro atoms. The highest BCUT2D eigenvalue weighted by molar-refractivity contribution is 6.33. The number of aromatic nitrogens is 1. The normalized spacial score (nSPS) is 12.7. The first-order valence-corrected chi connectivity index (χ1v) is 8.32. The van der Waals surface area contributed by atoms with Crippen molar-refractivity contribution in [3.63, 3.8) is 0 Å². The maximum atomic E-state index is 12.8. The van der Waals surface area contributed by atoms with Crippen LogP contribution in [-0.2, 0) is 10.9 Å². The van der Waals surface area contributed by atoms with Gasteiger partial charge in [-0.25, -0.2) is 4.98 Å². The second-order valence-corrected chi connectivity index (χ2v) is 6.12. The largest absolute Gasteiger partial charge is 0.416 e. The molecule has 6 nitrogen and oxygen atoms in total. The van der Waals surface area contributed by atoms with Gasteiger partial charge in [0.25, 0.3) is 0 Å². The van der Waals surface area contributed by atoms with Crippen LogP contribution in [0, 0.1) is 10.1 Å². The average Bonchev–Trinajstić information content (AvgIpc) is 2.60. The lowest BCUT2D eigenvalue weighted by Gasteiger charge is -2.17. The van der Waals surface area contributed by atoms with Crippen LogP contribution in [0.3, 0.4) is 0 Å². The molecule has 0 amide bonds. The molecule has 1 atom stereocenters. The van der Waals surface area contributed by atoms with Crippen LogP contribution in [0.1, 0.15) is 18.9 Å². The van der Waals surface area contributed by atoms with Crippen molar-refractivity contribution < 1.29 is 22.8 Å². The fourth-order valence-corrected chi connectivity index (χ4v) is 2.81. The van der Waals surface area contributed by atoms with E-state index in [0.717, 1.165) is 18.2 Å². The maximum Gasteiger partial charge on any atom is 0.416 e. The van der Waals surface area contributed by atoms with Crippen LogP contribution >= 0.6 is 11.6 Å². The van der Waals surface area contributed by atoms with Gasteiger partial charge in [-0.05, 0) is 24.6 Å². The van der Waals surface area contributed by atoms with E-state index in [-0.39, 0.29) is 33.7 Å².